The molecule has 13 heteroatoms. The van der Waals surface area contributed by atoms with Crippen LogP contribution >= 0.6 is 0 Å². The van der Waals surface area contributed by atoms with Crippen molar-refractivity contribution in [2.75, 3.05) is 28.4 Å². The van der Waals surface area contributed by atoms with Crippen molar-refractivity contribution < 1.29 is 23.1 Å². The number of aliphatic hydroxyl groups excluding tert-OH is 1. The van der Waals surface area contributed by atoms with E-state index < -0.39 is 15.9 Å². The van der Waals surface area contributed by atoms with Crippen LogP contribution in [0.5, 0.6) is 5.75 Å². The van der Waals surface area contributed by atoms with Gasteiger partial charge in [-0.2, -0.15) is 0 Å². The number of imidazole rings is 1. The monoisotopic (exact) mass is 569 g/mol. The third kappa shape index (κ3) is 6.06. The maximum Gasteiger partial charge on any atom is 0.255 e. The molecule has 3 aromatic rings. The zero-order valence-electron chi connectivity index (χ0n) is 23.6. The van der Waals surface area contributed by atoms with E-state index in [9.17, 15) is 18.3 Å². The fraction of sp³-hybridized carbons (Fsp3) is 0.333. The lowest BCUT2D eigenvalue weighted by Gasteiger charge is -2.24. The van der Waals surface area contributed by atoms with Crippen LogP contribution in [0.4, 0.5) is 17.1 Å². The molecule has 214 valence electrons. The SMILES string of the molecule is COc1c(NC(=O)c2ccc(C)c(N3C=C(c4cnc(CO)n4C)NN3)c2)cc(C(C)(C)C)cc1NS(C)(=O)=O. The molecular weight excluding hydrogens is 534 g/mol. The third-order valence-electron chi connectivity index (χ3n) is 6.50. The zero-order valence-corrected chi connectivity index (χ0v) is 24.4. The van der Waals surface area contributed by atoms with Gasteiger partial charge >= 0.3 is 0 Å². The summed E-state index contributed by atoms with van der Waals surface area (Å²) in [7, 11) is -0.369. The summed E-state index contributed by atoms with van der Waals surface area (Å²) in [5.74, 6) is 0.342. The maximum absolute atomic E-state index is 13.5. The van der Waals surface area contributed by atoms with Gasteiger partial charge in [0.15, 0.2) is 5.75 Å². The number of hydrogen-bond donors (Lipinski definition) is 5. The van der Waals surface area contributed by atoms with Gasteiger partial charge in [-0.05, 0) is 47.7 Å². The van der Waals surface area contributed by atoms with Gasteiger partial charge in [0.25, 0.3) is 5.91 Å². The number of carbonyl (C=O) groups is 1. The average Bonchev–Trinajstić information content (AvgIpc) is 3.49. The molecule has 1 aliphatic heterocycles. The van der Waals surface area contributed by atoms with E-state index >= 15 is 0 Å². The fourth-order valence-electron chi connectivity index (χ4n) is 4.27. The number of nitrogens with zero attached hydrogens (tertiary/aromatic N) is 3. The maximum atomic E-state index is 13.5. The highest BCUT2D eigenvalue weighted by molar-refractivity contribution is 7.92. The van der Waals surface area contributed by atoms with Gasteiger partial charge in [-0.1, -0.05) is 26.8 Å². The molecule has 0 aliphatic carbocycles. The number of ether oxygens (including phenoxy) is 1. The molecule has 2 aromatic carbocycles. The lowest BCUT2D eigenvalue weighted by atomic mass is 9.86. The van der Waals surface area contributed by atoms with Gasteiger partial charge in [0, 0.05) is 12.6 Å². The summed E-state index contributed by atoms with van der Waals surface area (Å²) in [6, 6.07) is 8.80. The Labute approximate surface area is 234 Å². The Bertz CT molecular complexity index is 1590. The van der Waals surface area contributed by atoms with Gasteiger partial charge in [-0.15, -0.1) is 5.53 Å². The van der Waals surface area contributed by atoms with E-state index in [2.05, 4.69) is 26.0 Å². The minimum atomic E-state index is -3.60. The lowest BCUT2D eigenvalue weighted by molar-refractivity contribution is 0.102. The number of rotatable bonds is 8. The van der Waals surface area contributed by atoms with Gasteiger partial charge in [0.2, 0.25) is 10.0 Å². The van der Waals surface area contributed by atoms with Crippen molar-refractivity contribution >= 4 is 38.7 Å². The second-order valence-corrected chi connectivity index (χ2v) is 12.4. The van der Waals surface area contributed by atoms with E-state index in [1.165, 1.54) is 7.11 Å². The molecule has 0 saturated heterocycles. The first-order valence-electron chi connectivity index (χ1n) is 12.5. The molecule has 0 fully saturated rings. The smallest absolute Gasteiger partial charge is 0.255 e. The Morgan fingerprint density at radius 1 is 1.18 bits per heavy atom. The van der Waals surface area contributed by atoms with E-state index in [0.29, 0.717) is 17.1 Å². The van der Waals surface area contributed by atoms with Crippen molar-refractivity contribution in [3.05, 3.63) is 70.9 Å². The molecule has 5 N–H and O–H groups in total. The summed E-state index contributed by atoms with van der Waals surface area (Å²) in [5, 5.41) is 14.1. The van der Waals surface area contributed by atoms with Crippen LogP contribution in [-0.4, -0.2) is 42.3 Å². The minimum Gasteiger partial charge on any atom is -0.492 e. The highest BCUT2D eigenvalue weighted by atomic mass is 32.2. The van der Waals surface area contributed by atoms with Crippen molar-refractivity contribution in [3.8, 4) is 5.75 Å². The van der Waals surface area contributed by atoms with Crippen LogP contribution in [0, 0.1) is 6.92 Å². The van der Waals surface area contributed by atoms with Gasteiger partial charge < -0.3 is 19.7 Å². The Hall–Kier alpha value is -4.07. The summed E-state index contributed by atoms with van der Waals surface area (Å²) in [4.78, 5) is 17.7. The molecule has 0 radical (unpaired) electrons. The van der Waals surface area contributed by atoms with Crippen LogP contribution in [-0.2, 0) is 29.1 Å². The van der Waals surface area contributed by atoms with Gasteiger partial charge in [-0.3, -0.25) is 20.0 Å². The number of carbonyl (C=O) groups excluding carboxylic acids is 1. The number of aryl methyl sites for hydroxylation is 1. The van der Waals surface area contributed by atoms with Gasteiger partial charge in [0.1, 0.15) is 12.4 Å². The predicted octanol–water partition coefficient (Wildman–Crippen LogP) is 2.98. The molecule has 2 heterocycles. The summed E-state index contributed by atoms with van der Waals surface area (Å²) in [6.07, 6.45) is 4.56. The molecule has 1 aliphatic rings. The molecular formula is C27H35N7O5S. The largest absolute Gasteiger partial charge is 0.492 e. The molecule has 1 amide bonds. The number of sulfonamides is 1. The van der Waals surface area contributed by atoms with E-state index in [1.54, 1.807) is 40.0 Å². The average molecular weight is 570 g/mol. The molecule has 0 atom stereocenters. The fourth-order valence-corrected chi connectivity index (χ4v) is 4.82. The van der Waals surface area contributed by atoms with Gasteiger partial charge in [-0.25, -0.2) is 13.4 Å². The Balaban J connectivity index is 1.67. The van der Waals surface area contributed by atoms with Gasteiger partial charge in [0.05, 0.1) is 54.2 Å². The summed E-state index contributed by atoms with van der Waals surface area (Å²) < 4.78 is 33.9. The standard InChI is InChI=1S/C27H35N7O5S/c1-16-8-9-17(10-22(16)34-14-21(30-32-34)23-13-28-24(15-35)33(23)5)26(36)29-19-11-18(27(2,3)4)12-20(25(19)39-6)31-40(7,37)38/h8-14,30-32,35H,15H2,1-7H3,(H,29,36). The quantitative estimate of drug-likeness (QED) is 0.276. The van der Waals surface area contributed by atoms with Crippen LogP contribution in [0.25, 0.3) is 5.70 Å². The number of aliphatic hydroxyl groups is 1. The minimum absolute atomic E-state index is 0.174. The number of hydrazine groups is 2. The molecule has 0 spiro atoms. The first-order chi connectivity index (χ1) is 18.7. The number of hydrogen-bond acceptors (Lipinski definition) is 9. The summed E-state index contributed by atoms with van der Waals surface area (Å²) in [6.45, 7) is 7.73. The van der Waals surface area contributed by atoms with E-state index in [0.717, 1.165) is 34.5 Å². The van der Waals surface area contributed by atoms with Crippen LogP contribution in [0.15, 0.2) is 42.7 Å². The van der Waals surface area contributed by atoms with Crippen molar-refractivity contribution in [2.24, 2.45) is 7.05 Å². The lowest BCUT2D eigenvalue weighted by Crippen LogP contribution is -2.36. The Kier molecular flexibility index (Phi) is 7.83. The predicted molar refractivity (Wildman–Crippen MR) is 155 cm³/mol. The van der Waals surface area contributed by atoms with E-state index in [-0.39, 0.29) is 23.5 Å². The normalized spacial score (nSPS) is 13.6. The van der Waals surface area contributed by atoms with Crippen molar-refractivity contribution in [1.82, 2.24) is 20.5 Å². The highest BCUT2D eigenvalue weighted by Gasteiger charge is 2.24. The van der Waals surface area contributed by atoms with Crippen LogP contribution < -0.4 is 30.7 Å². The van der Waals surface area contributed by atoms with E-state index in [4.69, 9.17) is 4.74 Å². The van der Waals surface area contributed by atoms with Crippen molar-refractivity contribution in [2.45, 2.75) is 39.7 Å². The van der Waals surface area contributed by atoms with Crippen LogP contribution in [0.3, 0.4) is 0 Å². The topological polar surface area (TPSA) is 150 Å². The molecule has 1 aromatic heterocycles. The Morgan fingerprint density at radius 2 is 1.88 bits per heavy atom. The molecule has 12 nitrogen and oxygen atoms in total. The van der Waals surface area contributed by atoms with Crippen LogP contribution in [0.2, 0.25) is 0 Å². The summed E-state index contributed by atoms with van der Waals surface area (Å²) in [5.41, 5.74) is 10.8. The molecule has 40 heavy (non-hydrogen) atoms. The number of anilines is 3. The second-order valence-electron chi connectivity index (χ2n) is 10.6. The second kappa shape index (κ2) is 10.8. The number of amides is 1. The third-order valence-corrected chi connectivity index (χ3v) is 7.10. The number of benzene rings is 2. The molecule has 0 bridgehead atoms. The van der Waals surface area contributed by atoms with Crippen molar-refractivity contribution in [1.29, 1.82) is 0 Å². The Morgan fingerprint density at radius 3 is 2.48 bits per heavy atom. The first kappa shape index (κ1) is 28.9. The van der Waals surface area contributed by atoms with Crippen LogP contribution in [0.1, 0.15) is 53.8 Å². The first-order valence-corrected chi connectivity index (χ1v) is 14.4. The highest BCUT2D eigenvalue weighted by Crippen LogP contribution is 2.39. The number of methoxy groups -OCH3 is 1. The number of aromatic nitrogens is 2. The molecule has 0 unspecified atom stereocenters. The van der Waals surface area contributed by atoms with Crippen molar-refractivity contribution in [3.63, 3.8) is 0 Å². The molecule has 0 saturated carbocycles. The molecule has 4 rings (SSSR count). The summed E-state index contributed by atoms with van der Waals surface area (Å²) >= 11 is 0. The van der Waals surface area contributed by atoms with E-state index in [1.807, 2.05) is 47.0 Å². The zero-order chi connectivity index (χ0) is 29.4. The number of nitrogens with one attached hydrogen (secondary N) is 4.